The fourth-order valence-corrected chi connectivity index (χ4v) is 3.12. The Labute approximate surface area is 146 Å². The third kappa shape index (κ3) is 4.11. The highest BCUT2D eigenvalue weighted by Gasteiger charge is 2.31. The van der Waals surface area contributed by atoms with Gasteiger partial charge in [-0.25, -0.2) is 4.79 Å². The first-order chi connectivity index (χ1) is 12.0. The van der Waals surface area contributed by atoms with Gasteiger partial charge in [0.1, 0.15) is 0 Å². The number of carbonyl (C=O) groups excluding carboxylic acids is 1. The van der Waals surface area contributed by atoms with Crippen molar-refractivity contribution in [2.45, 2.75) is 19.8 Å². The molecule has 2 heterocycles. The molecule has 134 valence electrons. The molecule has 0 bridgehead atoms. The van der Waals surface area contributed by atoms with Crippen LogP contribution in [0.2, 0.25) is 0 Å². The minimum Gasteiger partial charge on any atom is -0.477 e. The highest BCUT2D eigenvalue weighted by molar-refractivity contribution is 6.19. The molecule has 0 amide bonds. The van der Waals surface area contributed by atoms with Crippen molar-refractivity contribution in [1.82, 2.24) is 4.90 Å². The molecule has 1 fully saturated rings. The molecule has 2 aliphatic rings. The fraction of sp³-hybridized carbons (Fsp3) is 0.444. The smallest absolute Gasteiger partial charge is 0.344 e. The van der Waals surface area contributed by atoms with E-state index in [4.69, 9.17) is 9.84 Å². The van der Waals surface area contributed by atoms with Gasteiger partial charge in [-0.1, -0.05) is 0 Å². The molecule has 0 spiro atoms. The highest BCUT2D eigenvalue weighted by atomic mass is 16.5. The summed E-state index contributed by atoms with van der Waals surface area (Å²) >= 11 is 0. The lowest BCUT2D eigenvalue weighted by Gasteiger charge is -2.16. The van der Waals surface area contributed by atoms with Gasteiger partial charge in [0.15, 0.2) is 12.2 Å². The minimum atomic E-state index is -1.28. The van der Waals surface area contributed by atoms with Crippen LogP contribution in [-0.2, 0) is 14.3 Å². The number of Topliss-reactive ketones (excluding diaryl/α,β-unsaturated/α-hetero) is 1. The summed E-state index contributed by atoms with van der Waals surface area (Å²) in [5, 5.41) is 15.4. The van der Waals surface area contributed by atoms with Crippen molar-refractivity contribution >= 4 is 23.1 Å². The van der Waals surface area contributed by atoms with Crippen LogP contribution >= 0.6 is 0 Å². The molecule has 0 radical (unpaired) electrons. The second-order valence-electron chi connectivity index (χ2n) is 6.35. The SMILES string of the molecule is Cc1cc(NCCN2CCCC2)ccc1NC1=C(C(=O)O)C(=O)CO1. The zero-order chi connectivity index (χ0) is 17.8. The maximum absolute atomic E-state index is 11.6. The predicted octanol–water partition coefficient (Wildman–Crippen LogP) is 1.81. The standard InChI is InChI=1S/C18H23N3O4/c1-12-10-13(19-6-9-21-7-2-3-8-21)4-5-14(12)20-17-16(18(23)24)15(22)11-25-17/h4-5,10,19-20H,2-3,6-9,11H2,1H3,(H,23,24). The van der Waals surface area contributed by atoms with E-state index in [1.807, 2.05) is 25.1 Å². The molecule has 3 N–H and O–H groups in total. The topological polar surface area (TPSA) is 90.9 Å². The third-order valence-electron chi connectivity index (χ3n) is 4.50. The number of likely N-dealkylation sites (tertiary alicyclic amines) is 1. The molecule has 7 nitrogen and oxygen atoms in total. The van der Waals surface area contributed by atoms with Gasteiger partial charge in [0, 0.05) is 24.5 Å². The first-order valence-corrected chi connectivity index (χ1v) is 8.52. The zero-order valence-electron chi connectivity index (χ0n) is 14.3. The maximum Gasteiger partial charge on any atom is 0.344 e. The summed E-state index contributed by atoms with van der Waals surface area (Å²) in [5.41, 5.74) is 2.34. The Hall–Kier alpha value is -2.54. The molecule has 0 saturated carbocycles. The molecule has 0 unspecified atom stereocenters. The molecular weight excluding hydrogens is 322 g/mol. The summed E-state index contributed by atoms with van der Waals surface area (Å²) in [6, 6.07) is 5.77. The van der Waals surface area contributed by atoms with Crippen molar-refractivity contribution in [2.24, 2.45) is 0 Å². The van der Waals surface area contributed by atoms with E-state index in [0.717, 1.165) is 24.3 Å². The summed E-state index contributed by atoms with van der Waals surface area (Å²) in [5.74, 6) is -1.79. The van der Waals surface area contributed by atoms with E-state index in [0.29, 0.717) is 5.69 Å². The number of nitrogens with zero attached hydrogens (tertiary/aromatic N) is 1. The Bertz CT molecular complexity index is 708. The van der Waals surface area contributed by atoms with Crippen molar-refractivity contribution in [2.75, 3.05) is 43.4 Å². The second-order valence-corrected chi connectivity index (χ2v) is 6.35. The summed E-state index contributed by atoms with van der Waals surface area (Å²) < 4.78 is 5.17. The van der Waals surface area contributed by atoms with Crippen LogP contribution in [0.5, 0.6) is 0 Å². The molecule has 0 aliphatic carbocycles. The molecular formula is C18H23N3O4. The summed E-state index contributed by atoms with van der Waals surface area (Å²) in [6.45, 7) is 5.97. The molecule has 0 aromatic heterocycles. The number of carboxylic acid groups (broad SMARTS) is 1. The van der Waals surface area contributed by atoms with E-state index in [-0.39, 0.29) is 18.1 Å². The van der Waals surface area contributed by atoms with Gasteiger partial charge >= 0.3 is 5.97 Å². The predicted molar refractivity (Wildman–Crippen MR) is 94.6 cm³/mol. The summed E-state index contributed by atoms with van der Waals surface area (Å²) in [6.07, 6.45) is 2.58. The largest absolute Gasteiger partial charge is 0.477 e. The van der Waals surface area contributed by atoms with E-state index in [9.17, 15) is 9.59 Å². The van der Waals surface area contributed by atoms with Crippen LogP contribution in [0, 0.1) is 6.92 Å². The van der Waals surface area contributed by atoms with E-state index in [2.05, 4.69) is 15.5 Å². The van der Waals surface area contributed by atoms with Gasteiger partial charge < -0.3 is 25.4 Å². The van der Waals surface area contributed by atoms with Crippen molar-refractivity contribution in [3.63, 3.8) is 0 Å². The lowest BCUT2D eigenvalue weighted by Crippen LogP contribution is -2.25. The van der Waals surface area contributed by atoms with E-state index in [1.54, 1.807) is 0 Å². The average Bonchev–Trinajstić information content (AvgIpc) is 3.20. The van der Waals surface area contributed by atoms with Gasteiger partial charge in [-0.15, -0.1) is 0 Å². The number of hydrogen-bond acceptors (Lipinski definition) is 6. The number of benzene rings is 1. The highest BCUT2D eigenvalue weighted by Crippen LogP contribution is 2.24. The maximum atomic E-state index is 11.6. The molecule has 7 heteroatoms. The number of nitrogens with one attached hydrogen (secondary N) is 2. The number of rotatable bonds is 7. The third-order valence-corrected chi connectivity index (χ3v) is 4.50. The number of aryl methyl sites for hydroxylation is 1. The van der Waals surface area contributed by atoms with Crippen LogP contribution < -0.4 is 10.6 Å². The van der Waals surface area contributed by atoms with Crippen LogP contribution in [0.15, 0.2) is 29.7 Å². The number of hydrogen-bond donors (Lipinski definition) is 3. The van der Waals surface area contributed by atoms with Crippen molar-refractivity contribution in [3.05, 3.63) is 35.2 Å². The minimum absolute atomic E-state index is 0.00958. The first-order valence-electron chi connectivity index (χ1n) is 8.52. The Morgan fingerprint density at radius 1 is 1.32 bits per heavy atom. The van der Waals surface area contributed by atoms with E-state index < -0.39 is 11.8 Å². The average molecular weight is 345 g/mol. The lowest BCUT2D eigenvalue weighted by atomic mass is 10.1. The quantitative estimate of drug-likeness (QED) is 0.649. The molecule has 1 aromatic carbocycles. The van der Waals surface area contributed by atoms with E-state index in [1.165, 1.54) is 25.9 Å². The molecule has 25 heavy (non-hydrogen) atoms. The van der Waals surface area contributed by atoms with Gasteiger partial charge in [0.25, 0.3) is 0 Å². The summed E-state index contributed by atoms with van der Waals surface area (Å²) in [4.78, 5) is 25.2. The zero-order valence-corrected chi connectivity index (χ0v) is 14.3. The van der Waals surface area contributed by atoms with Crippen LogP contribution in [0.3, 0.4) is 0 Å². The number of ketones is 1. The Morgan fingerprint density at radius 2 is 2.08 bits per heavy atom. The first kappa shape index (κ1) is 17.3. The Morgan fingerprint density at radius 3 is 2.76 bits per heavy atom. The number of carboxylic acids is 1. The number of carbonyl (C=O) groups is 2. The normalized spacial score (nSPS) is 17.7. The Kier molecular flexibility index (Phi) is 5.23. The van der Waals surface area contributed by atoms with Gasteiger partial charge in [-0.2, -0.15) is 0 Å². The fourth-order valence-electron chi connectivity index (χ4n) is 3.12. The molecule has 1 aromatic rings. The van der Waals surface area contributed by atoms with Crippen molar-refractivity contribution in [3.8, 4) is 0 Å². The Balaban J connectivity index is 1.61. The van der Waals surface area contributed by atoms with Gasteiger partial charge in [-0.05, 0) is 56.6 Å². The lowest BCUT2D eigenvalue weighted by molar-refractivity contribution is -0.134. The molecule has 3 rings (SSSR count). The van der Waals surface area contributed by atoms with E-state index >= 15 is 0 Å². The monoisotopic (exact) mass is 345 g/mol. The molecule has 2 aliphatic heterocycles. The van der Waals surface area contributed by atoms with Crippen LogP contribution in [0.1, 0.15) is 18.4 Å². The van der Waals surface area contributed by atoms with Crippen molar-refractivity contribution in [1.29, 1.82) is 0 Å². The summed E-state index contributed by atoms with van der Waals surface area (Å²) in [7, 11) is 0. The molecule has 1 saturated heterocycles. The number of anilines is 2. The van der Waals surface area contributed by atoms with Gasteiger partial charge in [0.05, 0.1) is 0 Å². The molecule has 0 atom stereocenters. The van der Waals surface area contributed by atoms with Crippen LogP contribution in [-0.4, -0.2) is 54.5 Å². The number of aliphatic carboxylic acids is 1. The van der Waals surface area contributed by atoms with Gasteiger partial charge in [-0.3, -0.25) is 4.79 Å². The second kappa shape index (κ2) is 7.57. The van der Waals surface area contributed by atoms with Crippen LogP contribution in [0.4, 0.5) is 11.4 Å². The number of ether oxygens (including phenoxy) is 1. The van der Waals surface area contributed by atoms with Gasteiger partial charge in [0.2, 0.25) is 11.7 Å². The van der Waals surface area contributed by atoms with Crippen molar-refractivity contribution < 1.29 is 19.4 Å². The van der Waals surface area contributed by atoms with Crippen LogP contribution in [0.25, 0.3) is 0 Å².